The van der Waals surface area contributed by atoms with E-state index in [9.17, 15) is 4.79 Å². The molecule has 0 atom stereocenters. The highest BCUT2D eigenvalue weighted by Crippen LogP contribution is 2.24. The minimum atomic E-state index is -0.390. The van der Waals surface area contributed by atoms with E-state index in [1.54, 1.807) is 12.1 Å². The van der Waals surface area contributed by atoms with Gasteiger partial charge in [-0.3, -0.25) is 4.79 Å². The van der Waals surface area contributed by atoms with Crippen LogP contribution in [-0.2, 0) is 0 Å². The van der Waals surface area contributed by atoms with Crippen molar-refractivity contribution in [2.24, 2.45) is 0 Å². The molecule has 2 aromatic carbocycles. The van der Waals surface area contributed by atoms with Gasteiger partial charge in [-0.2, -0.15) is 0 Å². The quantitative estimate of drug-likeness (QED) is 0.690. The molecule has 3 rings (SSSR count). The van der Waals surface area contributed by atoms with Gasteiger partial charge < -0.3 is 5.32 Å². The number of nitrogens with zero attached hydrogens (tertiary/aromatic N) is 1. The predicted molar refractivity (Wildman–Crippen MR) is 86.2 cm³/mol. The fraction of sp³-hybridized carbons (Fsp3) is 0. The number of hydrogen-bond acceptors (Lipinski definition) is 2. The van der Waals surface area contributed by atoms with Crippen LogP contribution >= 0.6 is 23.2 Å². The molecule has 0 bridgehead atoms. The number of carbonyl (C=O) groups excluding carboxylic acids is 1. The van der Waals surface area contributed by atoms with Crippen molar-refractivity contribution in [2.75, 3.05) is 5.32 Å². The average Bonchev–Trinajstić information content (AvgIpc) is 2.50. The first-order chi connectivity index (χ1) is 10.1. The molecule has 1 heterocycles. The van der Waals surface area contributed by atoms with Gasteiger partial charge in [-0.15, -0.1) is 0 Å². The van der Waals surface area contributed by atoms with Crippen LogP contribution < -0.4 is 5.32 Å². The molecule has 1 N–H and O–H groups in total. The lowest BCUT2D eigenvalue weighted by Crippen LogP contribution is -2.14. The maximum atomic E-state index is 12.3. The maximum Gasteiger partial charge on any atom is 0.275 e. The Labute approximate surface area is 131 Å². The van der Waals surface area contributed by atoms with Gasteiger partial charge in [-0.05, 0) is 23.6 Å². The minimum Gasteiger partial charge on any atom is -0.320 e. The summed E-state index contributed by atoms with van der Waals surface area (Å²) in [6, 6.07) is 16.6. The Morgan fingerprint density at radius 1 is 0.952 bits per heavy atom. The number of amides is 1. The Morgan fingerprint density at radius 2 is 1.71 bits per heavy atom. The number of benzene rings is 2. The fourth-order valence-corrected chi connectivity index (χ4v) is 2.43. The summed E-state index contributed by atoms with van der Waals surface area (Å²) in [5, 5.41) is 5.30. The van der Waals surface area contributed by atoms with Crippen molar-refractivity contribution in [3.63, 3.8) is 0 Å². The lowest BCUT2D eigenvalue weighted by Gasteiger charge is -2.09. The first-order valence-corrected chi connectivity index (χ1v) is 7.02. The first kappa shape index (κ1) is 13.9. The summed E-state index contributed by atoms with van der Waals surface area (Å²) < 4.78 is 0. The van der Waals surface area contributed by atoms with Crippen molar-refractivity contribution >= 4 is 45.6 Å². The molecule has 0 aliphatic rings. The van der Waals surface area contributed by atoms with Crippen LogP contribution in [-0.4, -0.2) is 10.9 Å². The zero-order valence-corrected chi connectivity index (χ0v) is 12.3. The molecular weight excluding hydrogens is 307 g/mol. The van der Waals surface area contributed by atoms with Gasteiger partial charge in [0.2, 0.25) is 0 Å². The molecule has 0 unspecified atom stereocenters. The van der Waals surface area contributed by atoms with E-state index in [4.69, 9.17) is 23.2 Å². The molecule has 5 heteroatoms. The highest BCUT2D eigenvalue weighted by molar-refractivity contribution is 6.35. The molecule has 0 saturated heterocycles. The number of pyridine rings is 1. The molecule has 0 spiro atoms. The molecule has 0 radical (unpaired) electrons. The van der Waals surface area contributed by atoms with Crippen LogP contribution in [0.5, 0.6) is 0 Å². The average molecular weight is 317 g/mol. The second-order valence-corrected chi connectivity index (χ2v) is 5.24. The summed E-state index contributed by atoms with van der Waals surface area (Å²) in [4.78, 5) is 16.3. The SMILES string of the molecule is O=C(Nc1cccc2ccccc12)c1nc(Cl)ccc1Cl. The zero-order chi connectivity index (χ0) is 14.8. The van der Waals surface area contributed by atoms with Crippen molar-refractivity contribution in [2.45, 2.75) is 0 Å². The van der Waals surface area contributed by atoms with E-state index in [0.717, 1.165) is 10.8 Å². The second-order valence-electron chi connectivity index (χ2n) is 4.45. The summed E-state index contributed by atoms with van der Waals surface area (Å²) in [5.41, 5.74) is 0.813. The normalized spacial score (nSPS) is 10.6. The van der Waals surface area contributed by atoms with Crippen LogP contribution in [0.25, 0.3) is 10.8 Å². The molecule has 0 aliphatic carbocycles. The van der Waals surface area contributed by atoms with E-state index in [-0.39, 0.29) is 21.8 Å². The third-order valence-electron chi connectivity index (χ3n) is 3.06. The molecule has 0 aliphatic heterocycles. The number of aromatic nitrogens is 1. The number of halogens is 2. The highest BCUT2D eigenvalue weighted by Gasteiger charge is 2.14. The first-order valence-electron chi connectivity index (χ1n) is 6.26. The van der Waals surface area contributed by atoms with Crippen molar-refractivity contribution in [1.29, 1.82) is 0 Å². The fourth-order valence-electron chi connectivity index (χ4n) is 2.09. The summed E-state index contributed by atoms with van der Waals surface area (Å²) in [5.74, 6) is -0.390. The molecule has 0 saturated carbocycles. The zero-order valence-electron chi connectivity index (χ0n) is 10.8. The molecule has 3 aromatic rings. The smallest absolute Gasteiger partial charge is 0.275 e. The summed E-state index contributed by atoms with van der Waals surface area (Å²) in [6.45, 7) is 0. The Balaban J connectivity index is 1.99. The highest BCUT2D eigenvalue weighted by atomic mass is 35.5. The number of rotatable bonds is 2. The van der Waals surface area contributed by atoms with Crippen LogP contribution in [0.3, 0.4) is 0 Å². The Kier molecular flexibility index (Phi) is 3.78. The standard InChI is InChI=1S/C16H10Cl2N2O/c17-12-8-9-14(18)20-15(12)16(21)19-13-7-3-5-10-4-1-2-6-11(10)13/h1-9H,(H,19,21). The lowest BCUT2D eigenvalue weighted by molar-refractivity contribution is 0.102. The van der Waals surface area contributed by atoms with Crippen molar-refractivity contribution in [1.82, 2.24) is 4.98 Å². The summed E-state index contributed by atoms with van der Waals surface area (Å²) in [6.07, 6.45) is 0. The number of carbonyl (C=O) groups is 1. The Bertz CT molecular complexity index is 828. The third kappa shape index (κ3) is 2.84. The number of hydrogen-bond donors (Lipinski definition) is 1. The molecule has 0 fully saturated rings. The van der Waals surface area contributed by atoms with Crippen molar-refractivity contribution < 1.29 is 4.79 Å². The van der Waals surface area contributed by atoms with Crippen LogP contribution in [0, 0.1) is 0 Å². The predicted octanol–water partition coefficient (Wildman–Crippen LogP) is 4.79. The van der Waals surface area contributed by atoms with E-state index in [1.807, 2.05) is 42.5 Å². The lowest BCUT2D eigenvalue weighted by atomic mass is 10.1. The molecule has 1 aromatic heterocycles. The van der Waals surface area contributed by atoms with Gasteiger partial charge in [0.05, 0.1) is 5.02 Å². The Morgan fingerprint density at radius 3 is 2.57 bits per heavy atom. The van der Waals surface area contributed by atoms with Gasteiger partial charge in [0.1, 0.15) is 10.8 Å². The summed E-state index contributed by atoms with van der Waals surface area (Å²) in [7, 11) is 0. The molecule has 21 heavy (non-hydrogen) atoms. The van der Waals surface area contributed by atoms with Crippen LogP contribution in [0.4, 0.5) is 5.69 Å². The van der Waals surface area contributed by atoms with E-state index in [0.29, 0.717) is 5.69 Å². The van der Waals surface area contributed by atoms with Crippen molar-refractivity contribution in [3.8, 4) is 0 Å². The van der Waals surface area contributed by atoms with Gasteiger partial charge >= 0.3 is 0 Å². The Hall–Kier alpha value is -2.10. The monoisotopic (exact) mass is 316 g/mol. The number of fused-ring (bicyclic) bond motifs is 1. The van der Waals surface area contributed by atoms with Gasteiger partial charge in [0.15, 0.2) is 0 Å². The second kappa shape index (κ2) is 5.72. The third-order valence-corrected chi connectivity index (χ3v) is 3.58. The molecular formula is C16H10Cl2N2O. The van der Waals surface area contributed by atoms with E-state index >= 15 is 0 Å². The van der Waals surface area contributed by atoms with Crippen LogP contribution in [0.1, 0.15) is 10.5 Å². The minimum absolute atomic E-state index is 0.108. The van der Waals surface area contributed by atoms with Crippen molar-refractivity contribution in [3.05, 3.63) is 70.5 Å². The van der Waals surface area contributed by atoms with Crippen LogP contribution in [0.2, 0.25) is 10.2 Å². The molecule has 104 valence electrons. The number of nitrogens with one attached hydrogen (secondary N) is 1. The van der Waals surface area contributed by atoms with E-state index in [1.165, 1.54) is 0 Å². The van der Waals surface area contributed by atoms with Gasteiger partial charge in [0.25, 0.3) is 5.91 Å². The number of anilines is 1. The summed E-state index contributed by atoms with van der Waals surface area (Å²) >= 11 is 11.8. The van der Waals surface area contributed by atoms with Gasteiger partial charge in [-0.1, -0.05) is 59.6 Å². The van der Waals surface area contributed by atoms with E-state index < -0.39 is 0 Å². The largest absolute Gasteiger partial charge is 0.320 e. The molecule has 1 amide bonds. The topological polar surface area (TPSA) is 42.0 Å². The van der Waals surface area contributed by atoms with Gasteiger partial charge in [-0.25, -0.2) is 4.98 Å². The molecule has 3 nitrogen and oxygen atoms in total. The van der Waals surface area contributed by atoms with Crippen LogP contribution in [0.15, 0.2) is 54.6 Å². The maximum absolute atomic E-state index is 12.3. The van der Waals surface area contributed by atoms with E-state index in [2.05, 4.69) is 10.3 Å². The van der Waals surface area contributed by atoms with Gasteiger partial charge in [0, 0.05) is 11.1 Å².